The molecule has 1 fully saturated rings. The van der Waals surface area contributed by atoms with Gasteiger partial charge in [-0.2, -0.15) is 0 Å². The van der Waals surface area contributed by atoms with Crippen molar-refractivity contribution in [1.82, 2.24) is 5.32 Å². The molecule has 3 N–H and O–H groups in total. The maximum atomic E-state index is 12.0. The molecule has 98 valence electrons. The first-order chi connectivity index (χ1) is 8.60. The molecular formula is C12H15BrN2O3. The second kappa shape index (κ2) is 5.69. The lowest BCUT2D eigenvalue weighted by Gasteiger charge is -2.12. The summed E-state index contributed by atoms with van der Waals surface area (Å²) in [7, 11) is 1.63. The van der Waals surface area contributed by atoms with Crippen molar-refractivity contribution in [2.45, 2.75) is 18.6 Å². The minimum absolute atomic E-state index is 0.0489. The highest BCUT2D eigenvalue weighted by Gasteiger charge is 2.29. The number of amides is 1. The van der Waals surface area contributed by atoms with E-state index in [0.29, 0.717) is 18.7 Å². The number of hydrogen-bond acceptors (Lipinski definition) is 4. The Hall–Kier alpha value is -1.11. The van der Waals surface area contributed by atoms with Gasteiger partial charge in [-0.25, -0.2) is 0 Å². The average molecular weight is 315 g/mol. The molecule has 0 aliphatic carbocycles. The molecule has 5 nitrogen and oxygen atoms in total. The van der Waals surface area contributed by atoms with Crippen LogP contribution in [0.3, 0.4) is 0 Å². The molecule has 0 saturated carbocycles. The predicted octanol–water partition coefficient (Wildman–Crippen LogP) is 1.47. The quantitative estimate of drug-likeness (QED) is 0.739. The topological polar surface area (TPSA) is 70.6 Å². The summed E-state index contributed by atoms with van der Waals surface area (Å²) in [6.45, 7) is 0.666. The van der Waals surface area contributed by atoms with Gasteiger partial charge in [0.2, 0.25) is 5.91 Å². The first kappa shape index (κ1) is 13.3. The Morgan fingerprint density at radius 1 is 1.61 bits per heavy atom. The van der Waals surface area contributed by atoms with E-state index in [4.69, 9.17) is 4.74 Å². The van der Waals surface area contributed by atoms with Crippen LogP contribution in [0.5, 0.6) is 5.75 Å². The van der Waals surface area contributed by atoms with Crippen molar-refractivity contribution in [3.8, 4) is 5.75 Å². The zero-order valence-electron chi connectivity index (χ0n) is 9.94. The van der Waals surface area contributed by atoms with Gasteiger partial charge in [0, 0.05) is 18.1 Å². The molecule has 1 aromatic rings. The van der Waals surface area contributed by atoms with Crippen molar-refractivity contribution in [2.75, 3.05) is 19.0 Å². The molecule has 0 spiro atoms. The molecular weight excluding hydrogens is 300 g/mol. The van der Waals surface area contributed by atoms with Crippen LogP contribution >= 0.6 is 15.9 Å². The van der Waals surface area contributed by atoms with Crippen LogP contribution in [0.25, 0.3) is 0 Å². The number of methoxy groups -OCH3 is 1. The molecule has 0 bridgehead atoms. The zero-order chi connectivity index (χ0) is 13.1. The summed E-state index contributed by atoms with van der Waals surface area (Å²) in [6, 6.07) is 4.61. The number of benzene rings is 1. The van der Waals surface area contributed by atoms with Gasteiger partial charge in [0.05, 0.1) is 17.8 Å². The number of rotatable bonds is 3. The van der Waals surface area contributed by atoms with Gasteiger partial charge < -0.3 is 20.5 Å². The van der Waals surface area contributed by atoms with Crippen molar-refractivity contribution < 1.29 is 14.6 Å². The number of hydrogen-bond donors (Lipinski definition) is 3. The molecule has 1 aromatic carbocycles. The number of phenols is 1. The third-order valence-corrected chi connectivity index (χ3v) is 3.45. The molecule has 1 amide bonds. The van der Waals surface area contributed by atoms with Gasteiger partial charge >= 0.3 is 0 Å². The highest BCUT2D eigenvalue weighted by atomic mass is 79.9. The van der Waals surface area contributed by atoms with Gasteiger partial charge in [-0.15, -0.1) is 0 Å². The molecule has 18 heavy (non-hydrogen) atoms. The van der Waals surface area contributed by atoms with Crippen LogP contribution in [0.2, 0.25) is 0 Å². The second-order valence-corrected chi connectivity index (χ2v) is 5.12. The van der Waals surface area contributed by atoms with Crippen LogP contribution in [0, 0.1) is 0 Å². The second-order valence-electron chi connectivity index (χ2n) is 4.20. The van der Waals surface area contributed by atoms with E-state index in [-0.39, 0.29) is 23.8 Å². The van der Waals surface area contributed by atoms with E-state index in [1.165, 1.54) is 6.07 Å². The van der Waals surface area contributed by atoms with E-state index in [2.05, 4.69) is 26.6 Å². The van der Waals surface area contributed by atoms with E-state index < -0.39 is 0 Å². The number of aromatic hydroxyl groups is 1. The number of ether oxygens (including phenoxy) is 1. The van der Waals surface area contributed by atoms with Crippen LogP contribution in [0.4, 0.5) is 5.69 Å². The van der Waals surface area contributed by atoms with Crippen LogP contribution in [0.15, 0.2) is 22.7 Å². The van der Waals surface area contributed by atoms with Gasteiger partial charge in [-0.1, -0.05) is 15.9 Å². The minimum Gasteiger partial charge on any atom is -0.506 e. The molecule has 2 rings (SSSR count). The van der Waals surface area contributed by atoms with Crippen molar-refractivity contribution in [2.24, 2.45) is 0 Å². The fourth-order valence-corrected chi connectivity index (χ4v) is 2.27. The fourth-order valence-electron chi connectivity index (χ4n) is 1.91. The first-order valence-electron chi connectivity index (χ1n) is 5.65. The van der Waals surface area contributed by atoms with Crippen molar-refractivity contribution in [3.05, 3.63) is 22.7 Å². The molecule has 1 aliphatic heterocycles. The Labute approximate surface area is 114 Å². The van der Waals surface area contributed by atoms with Crippen LogP contribution in [-0.2, 0) is 9.53 Å². The number of halogens is 1. The monoisotopic (exact) mass is 314 g/mol. The lowest BCUT2D eigenvalue weighted by atomic mass is 10.2. The van der Waals surface area contributed by atoms with Crippen molar-refractivity contribution in [3.63, 3.8) is 0 Å². The Bertz CT molecular complexity index is 453. The molecule has 1 saturated heterocycles. The predicted molar refractivity (Wildman–Crippen MR) is 71.6 cm³/mol. The SMILES string of the molecule is COC1CNC(C(=O)Nc2cc(Br)ccc2O)C1. The van der Waals surface area contributed by atoms with Gasteiger partial charge in [0.25, 0.3) is 0 Å². The van der Waals surface area contributed by atoms with Crippen molar-refractivity contribution in [1.29, 1.82) is 0 Å². The lowest BCUT2D eigenvalue weighted by Crippen LogP contribution is -2.35. The smallest absolute Gasteiger partial charge is 0.241 e. The van der Waals surface area contributed by atoms with Crippen LogP contribution in [0.1, 0.15) is 6.42 Å². The van der Waals surface area contributed by atoms with Gasteiger partial charge in [0.1, 0.15) is 5.75 Å². The van der Waals surface area contributed by atoms with E-state index in [1.54, 1.807) is 19.2 Å². The number of phenolic OH excluding ortho intramolecular Hbond substituents is 1. The zero-order valence-corrected chi connectivity index (χ0v) is 11.5. The Morgan fingerprint density at radius 2 is 2.39 bits per heavy atom. The fraction of sp³-hybridized carbons (Fsp3) is 0.417. The summed E-state index contributed by atoms with van der Waals surface area (Å²) in [5, 5.41) is 15.4. The molecule has 1 aliphatic rings. The van der Waals surface area contributed by atoms with Crippen LogP contribution < -0.4 is 10.6 Å². The van der Waals surface area contributed by atoms with E-state index >= 15 is 0 Å². The molecule has 2 unspecified atom stereocenters. The number of anilines is 1. The molecule has 6 heteroatoms. The summed E-state index contributed by atoms with van der Waals surface area (Å²) < 4.78 is 5.98. The standard InChI is InChI=1S/C12H15BrN2O3/c1-18-8-5-10(14-6-8)12(17)15-9-4-7(13)2-3-11(9)16/h2-4,8,10,14,16H,5-6H2,1H3,(H,15,17). The van der Waals surface area contributed by atoms with Gasteiger partial charge in [-0.3, -0.25) is 4.79 Å². The Morgan fingerprint density at radius 3 is 3.06 bits per heavy atom. The molecule has 0 radical (unpaired) electrons. The van der Waals surface area contributed by atoms with E-state index in [0.717, 1.165) is 4.47 Å². The lowest BCUT2D eigenvalue weighted by molar-refractivity contribution is -0.118. The summed E-state index contributed by atoms with van der Waals surface area (Å²) in [5.74, 6) is -0.115. The third kappa shape index (κ3) is 3.01. The highest BCUT2D eigenvalue weighted by Crippen LogP contribution is 2.27. The van der Waals surface area contributed by atoms with E-state index in [9.17, 15) is 9.90 Å². The summed E-state index contributed by atoms with van der Waals surface area (Å²) in [5.41, 5.74) is 0.400. The third-order valence-electron chi connectivity index (χ3n) is 2.96. The minimum atomic E-state index is -0.284. The largest absolute Gasteiger partial charge is 0.506 e. The normalized spacial score (nSPS) is 23.0. The summed E-state index contributed by atoms with van der Waals surface area (Å²) >= 11 is 3.29. The highest BCUT2D eigenvalue weighted by molar-refractivity contribution is 9.10. The molecule has 1 heterocycles. The Balaban J connectivity index is 2.01. The maximum Gasteiger partial charge on any atom is 0.241 e. The maximum absolute atomic E-state index is 12.0. The van der Waals surface area contributed by atoms with Crippen LogP contribution in [-0.4, -0.2) is 36.8 Å². The molecule has 0 aromatic heterocycles. The van der Waals surface area contributed by atoms with Gasteiger partial charge in [-0.05, 0) is 24.6 Å². The number of nitrogens with one attached hydrogen (secondary N) is 2. The molecule has 2 atom stereocenters. The Kier molecular flexibility index (Phi) is 4.21. The van der Waals surface area contributed by atoms with Gasteiger partial charge in [0.15, 0.2) is 0 Å². The first-order valence-corrected chi connectivity index (χ1v) is 6.45. The number of carbonyl (C=O) groups excluding carboxylic acids is 1. The van der Waals surface area contributed by atoms with E-state index in [1.807, 2.05) is 0 Å². The summed E-state index contributed by atoms with van der Waals surface area (Å²) in [4.78, 5) is 12.0. The average Bonchev–Trinajstić information content (AvgIpc) is 2.82. The van der Waals surface area contributed by atoms with Crippen molar-refractivity contribution >= 4 is 27.5 Å². The number of carbonyl (C=O) groups is 1. The summed E-state index contributed by atoms with van der Waals surface area (Å²) in [6.07, 6.45) is 0.703.